The normalized spacial score (nSPS) is 19.0. The molecule has 108 valence electrons. The Morgan fingerprint density at radius 3 is 2.80 bits per heavy atom. The maximum absolute atomic E-state index is 11.8. The molecule has 1 unspecified atom stereocenters. The molecule has 1 aliphatic heterocycles. The lowest BCUT2D eigenvalue weighted by atomic mass is 10.1. The van der Waals surface area contributed by atoms with Crippen molar-refractivity contribution in [3.05, 3.63) is 29.8 Å². The van der Waals surface area contributed by atoms with Crippen LogP contribution >= 0.6 is 0 Å². The molecule has 0 aromatic heterocycles. The monoisotopic (exact) mass is 277 g/mol. The molecule has 4 N–H and O–H groups in total. The van der Waals surface area contributed by atoms with Crippen molar-refractivity contribution in [1.29, 1.82) is 0 Å². The van der Waals surface area contributed by atoms with Gasteiger partial charge >= 0.3 is 0 Å². The SMILES string of the molecule is NC(Cc1ccc(NC(=O)CC2CCCO2)cc1)=NO. The second-order valence-corrected chi connectivity index (χ2v) is 4.85. The van der Waals surface area contributed by atoms with Crippen LogP contribution in [0.15, 0.2) is 29.4 Å². The summed E-state index contributed by atoms with van der Waals surface area (Å²) in [7, 11) is 0. The van der Waals surface area contributed by atoms with E-state index in [4.69, 9.17) is 15.7 Å². The molecule has 1 aliphatic rings. The Bertz CT molecular complexity index is 479. The van der Waals surface area contributed by atoms with Gasteiger partial charge in [-0.05, 0) is 30.5 Å². The minimum atomic E-state index is -0.0407. The van der Waals surface area contributed by atoms with Gasteiger partial charge in [-0.3, -0.25) is 4.79 Å². The number of ether oxygens (including phenoxy) is 1. The summed E-state index contributed by atoms with van der Waals surface area (Å²) >= 11 is 0. The van der Waals surface area contributed by atoms with Crippen molar-refractivity contribution < 1.29 is 14.7 Å². The van der Waals surface area contributed by atoms with Crippen molar-refractivity contribution in [3.63, 3.8) is 0 Å². The zero-order valence-corrected chi connectivity index (χ0v) is 11.2. The van der Waals surface area contributed by atoms with E-state index in [1.807, 2.05) is 12.1 Å². The Kier molecular flexibility index (Phi) is 4.95. The lowest BCUT2D eigenvalue weighted by Crippen LogP contribution is -2.19. The smallest absolute Gasteiger partial charge is 0.226 e. The first kappa shape index (κ1) is 14.3. The zero-order valence-electron chi connectivity index (χ0n) is 11.2. The topological polar surface area (TPSA) is 96.9 Å². The summed E-state index contributed by atoms with van der Waals surface area (Å²) in [5.41, 5.74) is 7.08. The van der Waals surface area contributed by atoms with Crippen LogP contribution in [0.25, 0.3) is 0 Å². The fourth-order valence-electron chi connectivity index (χ4n) is 2.17. The molecule has 0 aliphatic carbocycles. The number of anilines is 1. The first-order valence-corrected chi connectivity index (χ1v) is 6.64. The first-order valence-electron chi connectivity index (χ1n) is 6.64. The van der Waals surface area contributed by atoms with Crippen molar-refractivity contribution in [2.75, 3.05) is 11.9 Å². The van der Waals surface area contributed by atoms with Gasteiger partial charge in [0.15, 0.2) is 0 Å². The largest absolute Gasteiger partial charge is 0.409 e. The molecule has 6 nitrogen and oxygen atoms in total. The van der Waals surface area contributed by atoms with Gasteiger partial charge in [-0.15, -0.1) is 0 Å². The van der Waals surface area contributed by atoms with Crippen molar-refractivity contribution in [1.82, 2.24) is 0 Å². The van der Waals surface area contributed by atoms with Crippen molar-refractivity contribution in [3.8, 4) is 0 Å². The third-order valence-electron chi connectivity index (χ3n) is 3.19. The highest BCUT2D eigenvalue weighted by Crippen LogP contribution is 2.17. The van der Waals surface area contributed by atoms with E-state index in [9.17, 15) is 4.79 Å². The summed E-state index contributed by atoms with van der Waals surface area (Å²) in [4.78, 5) is 11.8. The lowest BCUT2D eigenvalue weighted by Gasteiger charge is -2.10. The Balaban J connectivity index is 1.85. The van der Waals surface area contributed by atoms with E-state index in [1.165, 1.54) is 0 Å². The van der Waals surface area contributed by atoms with Gasteiger partial charge in [-0.2, -0.15) is 0 Å². The fourth-order valence-corrected chi connectivity index (χ4v) is 2.17. The van der Waals surface area contributed by atoms with E-state index in [2.05, 4.69) is 10.5 Å². The lowest BCUT2D eigenvalue weighted by molar-refractivity contribution is -0.118. The van der Waals surface area contributed by atoms with Crippen molar-refractivity contribution >= 4 is 17.4 Å². The summed E-state index contributed by atoms with van der Waals surface area (Å²) in [5, 5.41) is 14.3. The van der Waals surface area contributed by atoms with E-state index >= 15 is 0 Å². The standard InChI is InChI=1S/C14H19N3O3/c15-13(17-19)8-10-3-5-11(6-4-10)16-14(18)9-12-2-1-7-20-12/h3-6,12,19H,1-2,7-9H2,(H2,15,17)(H,16,18). The number of nitrogens with two attached hydrogens (primary N) is 1. The Morgan fingerprint density at radius 2 is 2.20 bits per heavy atom. The molecule has 0 bridgehead atoms. The van der Waals surface area contributed by atoms with E-state index < -0.39 is 0 Å². The van der Waals surface area contributed by atoms with Gasteiger partial charge in [0.25, 0.3) is 0 Å². The molecular formula is C14H19N3O3. The highest BCUT2D eigenvalue weighted by atomic mass is 16.5. The van der Waals surface area contributed by atoms with Gasteiger partial charge < -0.3 is 21.0 Å². The summed E-state index contributed by atoms with van der Waals surface area (Å²) in [6, 6.07) is 7.26. The van der Waals surface area contributed by atoms with Crippen LogP contribution in [0.5, 0.6) is 0 Å². The second-order valence-electron chi connectivity index (χ2n) is 4.85. The van der Waals surface area contributed by atoms with Crippen molar-refractivity contribution in [2.45, 2.75) is 31.8 Å². The van der Waals surface area contributed by atoms with Crippen LogP contribution in [-0.4, -0.2) is 29.7 Å². The third-order valence-corrected chi connectivity index (χ3v) is 3.19. The molecule has 0 saturated carbocycles. The number of amidine groups is 1. The molecule has 0 spiro atoms. The minimum Gasteiger partial charge on any atom is -0.409 e. The molecule has 1 amide bonds. The molecule has 20 heavy (non-hydrogen) atoms. The predicted octanol–water partition coefficient (Wildman–Crippen LogP) is 1.48. The average molecular weight is 277 g/mol. The molecule has 1 saturated heterocycles. The number of nitrogens with zero attached hydrogens (tertiary/aromatic N) is 1. The molecule has 1 atom stereocenters. The predicted molar refractivity (Wildman–Crippen MR) is 75.8 cm³/mol. The fraction of sp³-hybridized carbons (Fsp3) is 0.429. The van der Waals surface area contributed by atoms with Crippen LogP contribution in [0, 0.1) is 0 Å². The van der Waals surface area contributed by atoms with E-state index in [1.54, 1.807) is 12.1 Å². The summed E-state index contributed by atoms with van der Waals surface area (Å²) in [5.74, 6) is 0.112. The number of hydrogen-bond donors (Lipinski definition) is 3. The van der Waals surface area contributed by atoms with Crippen LogP contribution < -0.4 is 11.1 Å². The molecule has 1 fully saturated rings. The quantitative estimate of drug-likeness (QED) is 0.329. The van der Waals surface area contributed by atoms with Gasteiger partial charge in [0.1, 0.15) is 5.84 Å². The molecule has 6 heteroatoms. The highest BCUT2D eigenvalue weighted by Gasteiger charge is 2.18. The minimum absolute atomic E-state index is 0.0407. The maximum Gasteiger partial charge on any atom is 0.226 e. The van der Waals surface area contributed by atoms with Gasteiger partial charge in [0.05, 0.1) is 12.5 Å². The van der Waals surface area contributed by atoms with Crippen molar-refractivity contribution in [2.24, 2.45) is 10.9 Å². The number of carbonyl (C=O) groups is 1. The summed E-state index contributed by atoms with van der Waals surface area (Å²) < 4.78 is 5.42. The molecule has 2 rings (SSSR count). The van der Waals surface area contributed by atoms with Crippen LogP contribution in [0.3, 0.4) is 0 Å². The highest BCUT2D eigenvalue weighted by molar-refractivity contribution is 5.91. The second kappa shape index (κ2) is 6.91. The number of nitrogens with one attached hydrogen (secondary N) is 1. The van der Waals surface area contributed by atoms with Gasteiger partial charge in [0.2, 0.25) is 5.91 Å². The van der Waals surface area contributed by atoms with Crippen LogP contribution in [0.4, 0.5) is 5.69 Å². The molecule has 1 aromatic rings. The van der Waals surface area contributed by atoms with Crippen LogP contribution in [-0.2, 0) is 16.0 Å². The maximum atomic E-state index is 11.8. The number of amides is 1. The van der Waals surface area contributed by atoms with E-state index in [-0.39, 0.29) is 17.8 Å². The third kappa shape index (κ3) is 4.24. The summed E-state index contributed by atoms with van der Waals surface area (Å²) in [6.45, 7) is 0.750. The Labute approximate surface area is 117 Å². The number of oxime groups is 1. The molecule has 1 aromatic carbocycles. The molecule has 0 radical (unpaired) electrons. The van der Waals surface area contributed by atoms with Gasteiger partial charge in [0, 0.05) is 18.7 Å². The van der Waals surface area contributed by atoms with E-state index in [0.717, 1.165) is 30.7 Å². The number of rotatable bonds is 5. The first-order chi connectivity index (χ1) is 9.67. The summed E-state index contributed by atoms with van der Waals surface area (Å²) in [6.07, 6.45) is 2.80. The van der Waals surface area contributed by atoms with Crippen LogP contribution in [0.2, 0.25) is 0 Å². The van der Waals surface area contributed by atoms with E-state index in [0.29, 0.717) is 12.8 Å². The van der Waals surface area contributed by atoms with Crippen LogP contribution in [0.1, 0.15) is 24.8 Å². The zero-order chi connectivity index (χ0) is 14.4. The molecule has 1 heterocycles. The van der Waals surface area contributed by atoms with Gasteiger partial charge in [-0.1, -0.05) is 17.3 Å². The number of benzene rings is 1. The Hall–Kier alpha value is -2.08. The Morgan fingerprint density at radius 1 is 1.45 bits per heavy atom. The average Bonchev–Trinajstić information content (AvgIpc) is 2.93. The molecular weight excluding hydrogens is 258 g/mol. The number of hydrogen-bond acceptors (Lipinski definition) is 4. The van der Waals surface area contributed by atoms with Gasteiger partial charge in [-0.25, -0.2) is 0 Å². The number of carbonyl (C=O) groups excluding carboxylic acids is 1.